The molecule has 122 valence electrons. The van der Waals surface area contributed by atoms with Crippen molar-refractivity contribution in [1.29, 1.82) is 0 Å². The summed E-state index contributed by atoms with van der Waals surface area (Å²) in [6.45, 7) is 0. The number of imide groups is 1. The van der Waals surface area contributed by atoms with Crippen molar-refractivity contribution in [2.24, 2.45) is 35.5 Å². The minimum Gasteiger partial charge on any atom is -0.465 e. The van der Waals surface area contributed by atoms with Crippen LogP contribution in [-0.2, 0) is 14.3 Å². The van der Waals surface area contributed by atoms with Gasteiger partial charge in [-0.05, 0) is 54.4 Å². The molecule has 1 aliphatic heterocycles. The van der Waals surface area contributed by atoms with Gasteiger partial charge in [-0.1, -0.05) is 12.2 Å². The largest absolute Gasteiger partial charge is 0.465 e. The van der Waals surface area contributed by atoms with Gasteiger partial charge in [-0.15, -0.1) is 0 Å². The Kier molecular flexibility index (Phi) is 2.65. The lowest BCUT2D eigenvalue weighted by Gasteiger charge is -2.37. The number of rotatable bonds is 2. The fourth-order valence-corrected chi connectivity index (χ4v) is 5.08. The lowest BCUT2D eigenvalue weighted by atomic mass is 9.63. The van der Waals surface area contributed by atoms with Crippen LogP contribution in [0.25, 0.3) is 0 Å². The molecule has 1 aromatic carbocycles. The zero-order valence-corrected chi connectivity index (χ0v) is 13.2. The lowest BCUT2D eigenvalue weighted by molar-refractivity contribution is -0.124. The van der Waals surface area contributed by atoms with Crippen LogP contribution in [0.2, 0.25) is 0 Å². The van der Waals surface area contributed by atoms with Crippen LogP contribution in [0.4, 0.5) is 5.69 Å². The maximum atomic E-state index is 13.0. The van der Waals surface area contributed by atoms with Gasteiger partial charge in [-0.3, -0.25) is 14.5 Å². The van der Waals surface area contributed by atoms with Crippen molar-refractivity contribution in [3.05, 3.63) is 42.0 Å². The van der Waals surface area contributed by atoms with Crippen LogP contribution in [0.1, 0.15) is 16.8 Å². The number of benzene rings is 1. The van der Waals surface area contributed by atoms with E-state index in [9.17, 15) is 14.4 Å². The molecule has 1 saturated heterocycles. The van der Waals surface area contributed by atoms with Crippen LogP contribution in [0.15, 0.2) is 36.4 Å². The fraction of sp³-hybridized carbons (Fsp3) is 0.421. The van der Waals surface area contributed by atoms with Gasteiger partial charge in [0.25, 0.3) is 0 Å². The summed E-state index contributed by atoms with van der Waals surface area (Å²) in [6, 6.07) is 6.48. The van der Waals surface area contributed by atoms with E-state index in [1.54, 1.807) is 24.3 Å². The molecule has 2 saturated carbocycles. The molecule has 1 heterocycles. The molecule has 24 heavy (non-hydrogen) atoms. The monoisotopic (exact) mass is 323 g/mol. The van der Waals surface area contributed by atoms with E-state index in [1.165, 1.54) is 12.0 Å². The van der Waals surface area contributed by atoms with Gasteiger partial charge in [0.15, 0.2) is 0 Å². The summed E-state index contributed by atoms with van der Waals surface area (Å²) in [4.78, 5) is 38.8. The Morgan fingerprint density at radius 1 is 1.00 bits per heavy atom. The number of methoxy groups -OCH3 is 1. The third-order valence-corrected chi connectivity index (χ3v) is 6.21. The second-order valence-electron chi connectivity index (χ2n) is 7.20. The van der Waals surface area contributed by atoms with E-state index in [2.05, 4.69) is 16.9 Å². The average Bonchev–Trinajstić information content (AvgIpc) is 3.39. The summed E-state index contributed by atoms with van der Waals surface area (Å²) in [7, 11) is 1.32. The number of allylic oxidation sites excluding steroid dienone is 2. The first-order valence-corrected chi connectivity index (χ1v) is 8.36. The minimum atomic E-state index is -0.434. The molecular formula is C19H17NO4. The van der Waals surface area contributed by atoms with Crippen molar-refractivity contribution in [2.75, 3.05) is 12.0 Å². The van der Waals surface area contributed by atoms with E-state index in [0.29, 0.717) is 23.1 Å². The Balaban J connectivity index is 1.49. The summed E-state index contributed by atoms with van der Waals surface area (Å²) in [5, 5.41) is 0. The molecule has 4 aliphatic carbocycles. The summed E-state index contributed by atoms with van der Waals surface area (Å²) in [5.74, 6) is 0.645. The van der Waals surface area contributed by atoms with E-state index in [0.717, 1.165) is 6.42 Å². The normalized spacial score (nSPS) is 38.1. The zero-order chi connectivity index (χ0) is 16.6. The van der Waals surface area contributed by atoms with Gasteiger partial charge in [0.2, 0.25) is 11.8 Å². The average molecular weight is 323 g/mol. The second kappa shape index (κ2) is 4.56. The Morgan fingerprint density at radius 2 is 1.54 bits per heavy atom. The number of hydrogen-bond acceptors (Lipinski definition) is 4. The summed E-state index contributed by atoms with van der Waals surface area (Å²) in [6.07, 6.45) is 5.48. The van der Waals surface area contributed by atoms with Crippen molar-refractivity contribution in [3.8, 4) is 0 Å². The van der Waals surface area contributed by atoms with E-state index in [-0.39, 0.29) is 35.5 Å². The van der Waals surface area contributed by atoms with Crippen LogP contribution >= 0.6 is 0 Å². The standard InChI is InChI=1S/C19H17NO4/c1-24-19(23)9-2-4-10(5-3-9)20-17(21)15-11-6-7-12(14-8-13(11)14)16(15)18(20)22/h2-7,11-16H,8H2,1H3. The first-order chi connectivity index (χ1) is 11.6. The molecule has 6 rings (SSSR count). The maximum Gasteiger partial charge on any atom is 0.337 e. The molecule has 0 spiro atoms. The first-order valence-electron chi connectivity index (χ1n) is 8.36. The van der Waals surface area contributed by atoms with Crippen molar-refractivity contribution < 1.29 is 19.1 Å². The van der Waals surface area contributed by atoms with Crippen molar-refractivity contribution in [2.45, 2.75) is 6.42 Å². The molecule has 0 N–H and O–H groups in total. The highest BCUT2D eigenvalue weighted by molar-refractivity contribution is 6.22. The van der Waals surface area contributed by atoms with Crippen molar-refractivity contribution in [3.63, 3.8) is 0 Å². The number of nitrogens with zero attached hydrogens (tertiary/aromatic N) is 1. The van der Waals surface area contributed by atoms with E-state index in [4.69, 9.17) is 0 Å². The topological polar surface area (TPSA) is 63.7 Å². The number of ether oxygens (including phenoxy) is 1. The zero-order valence-electron chi connectivity index (χ0n) is 13.2. The van der Waals surface area contributed by atoms with Gasteiger partial charge in [0.1, 0.15) is 0 Å². The van der Waals surface area contributed by atoms with Gasteiger partial charge in [-0.2, -0.15) is 0 Å². The van der Waals surface area contributed by atoms with Crippen molar-refractivity contribution in [1.82, 2.24) is 0 Å². The van der Waals surface area contributed by atoms with Crippen LogP contribution < -0.4 is 4.90 Å². The van der Waals surface area contributed by atoms with Crippen LogP contribution in [0.5, 0.6) is 0 Å². The number of esters is 1. The molecule has 5 nitrogen and oxygen atoms in total. The second-order valence-corrected chi connectivity index (χ2v) is 7.20. The Hall–Kier alpha value is -2.43. The highest BCUT2D eigenvalue weighted by atomic mass is 16.5. The minimum absolute atomic E-state index is 0.0829. The highest BCUT2D eigenvalue weighted by Gasteiger charge is 2.67. The number of carbonyl (C=O) groups excluding carboxylic acids is 3. The first kappa shape index (κ1) is 14.0. The van der Waals surface area contributed by atoms with Gasteiger partial charge < -0.3 is 4.74 Å². The molecule has 6 atom stereocenters. The van der Waals surface area contributed by atoms with Crippen LogP contribution in [0.3, 0.4) is 0 Å². The highest BCUT2D eigenvalue weighted by Crippen LogP contribution is 2.65. The molecule has 2 bridgehead atoms. The Bertz CT molecular complexity index is 760. The third kappa shape index (κ3) is 1.62. The quantitative estimate of drug-likeness (QED) is 0.475. The molecule has 0 aromatic heterocycles. The predicted octanol–water partition coefficient (Wildman–Crippen LogP) is 2.03. The smallest absolute Gasteiger partial charge is 0.337 e. The summed E-state index contributed by atoms with van der Waals surface area (Å²) in [5.41, 5.74) is 0.945. The van der Waals surface area contributed by atoms with Gasteiger partial charge in [0.05, 0.1) is 30.2 Å². The van der Waals surface area contributed by atoms with Crippen molar-refractivity contribution >= 4 is 23.5 Å². The molecule has 5 heteroatoms. The molecular weight excluding hydrogens is 306 g/mol. The number of hydrogen-bond donors (Lipinski definition) is 0. The Morgan fingerprint density at radius 3 is 2.04 bits per heavy atom. The molecule has 1 aromatic rings. The van der Waals surface area contributed by atoms with E-state index >= 15 is 0 Å². The molecule has 0 radical (unpaired) electrons. The molecule has 3 fully saturated rings. The molecule has 5 aliphatic rings. The van der Waals surface area contributed by atoms with E-state index in [1.807, 2.05) is 0 Å². The maximum absolute atomic E-state index is 13.0. The summed E-state index contributed by atoms with van der Waals surface area (Å²) < 4.78 is 4.68. The van der Waals surface area contributed by atoms with Gasteiger partial charge >= 0.3 is 5.97 Å². The van der Waals surface area contributed by atoms with Gasteiger partial charge in [0, 0.05) is 0 Å². The fourth-order valence-electron chi connectivity index (χ4n) is 5.08. The number of carbonyl (C=O) groups is 3. The number of anilines is 1. The molecule has 2 amide bonds. The Labute approximate surface area is 139 Å². The number of amides is 2. The summed E-state index contributed by atoms with van der Waals surface area (Å²) >= 11 is 0. The lowest BCUT2D eigenvalue weighted by Crippen LogP contribution is -2.40. The SMILES string of the molecule is COC(=O)c1ccc(N2C(=O)C3C4C=CC(C5CC45)C3C2=O)cc1. The van der Waals surface area contributed by atoms with Gasteiger partial charge in [-0.25, -0.2) is 4.79 Å². The van der Waals surface area contributed by atoms with Crippen LogP contribution in [0, 0.1) is 35.5 Å². The predicted molar refractivity (Wildman–Crippen MR) is 85.0 cm³/mol. The molecule has 6 unspecified atom stereocenters. The van der Waals surface area contributed by atoms with Crippen LogP contribution in [-0.4, -0.2) is 24.9 Å². The third-order valence-electron chi connectivity index (χ3n) is 6.21. The van der Waals surface area contributed by atoms with E-state index < -0.39 is 5.97 Å².